The molecule has 1 aliphatic carbocycles. The van der Waals surface area contributed by atoms with E-state index in [1.165, 1.54) is 16.7 Å². The number of halogens is 1. The number of amides is 1. The zero-order valence-corrected chi connectivity index (χ0v) is 13.8. The molecular formula is C18H18BrNO2. The van der Waals surface area contributed by atoms with E-state index in [9.17, 15) is 4.79 Å². The van der Waals surface area contributed by atoms with Gasteiger partial charge in [-0.3, -0.25) is 0 Å². The average Bonchev–Trinajstić information content (AvgIpc) is 2.96. The maximum absolute atomic E-state index is 12.0. The molecule has 0 radical (unpaired) electrons. The second kappa shape index (κ2) is 6.97. The van der Waals surface area contributed by atoms with Crippen LogP contribution >= 0.6 is 15.9 Å². The predicted molar refractivity (Wildman–Crippen MR) is 89.9 cm³/mol. The maximum Gasteiger partial charge on any atom is 0.407 e. The van der Waals surface area contributed by atoms with Crippen LogP contribution < -0.4 is 5.32 Å². The predicted octanol–water partition coefficient (Wildman–Crippen LogP) is 4.50. The molecule has 4 heteroatoms. The van der Waals surface area contributed by atoms with E-state index < -0.39 is 0 Å². The molecule has 2 aromatic carbocycles. The van der Waals surface area contributed by atoms with Crippen LogP contribution in [0, 0.1) is 0 Å². The molecule has 0 heterocycles. The first-order valence-corrected chi connectivity index (χ1v) is 8.53. The molecule has 3 rings (SSSR count). The van der Waals surface area contributed by atoms with Crippen molar-refractivity contribution in [3.05, 3.63) is 70.8 Å². The first-order chi connectivity index (χ1) is 10.8. The van der Waals surface area contributed by atoms with Crippen LogP contribution in [0.2, 0.25) is 0 Å². The number of benzene rings is 2. The molecule has 1 aliphatic rings. The highest BCUT2D eigenvalue weighted by molar-refractivity contribution is 9.08. The maximum atomic E-state index is 12.0. The number of ether oxygens (including phenoxy) is 1. The van der Waals surface area contributed by atoms with Crippen molar-refractivity contribution >= 4 is 22.0 Å². The summed E-state index contributed by atoms with van der Waals surface area (Å²) in [5, 5.41) is 3.81. The highest BCUT2D eigenvalue weighted by Gasteiger charge is 2.24. The smallest absolute Gasteiger partial charge is 0.407 e. The second-order valence-electron chi connectivity index (χ2n) is 5.46. The molecule has 114 valence electrons. The highest BCUT2D eigenvalue weighted by atomic mass is 79.9. The van der Waals surface area contributed by atoms with Gasteiger partial charge in [0.1, 0.15) is 6.61 Å². The molecule has 0 aromatic heterocycles. The third-order valence-corrected chi connectivity index (χ3v) is 4.59. The summed E-state index contributed by atoms with van der Waals surface area (Å²) in [6, 6.07) is 16.2. The van der Waals surface area contributed by atoms with Crippen molar-refractivity contribution in [2.45, 2.75) is 30.8 Å². The van der Waals surface area contributed by atoms with E-state index in [0.29, 0.717) is 6.61 Å². The van der Waals surface area contributed by atoms with E-state index in [1.54, 1.807) is 0 Å². The van der Waals surface area contributed by atoms with E-state index in [4.69, 9.17) is 4.74 Å². The lowest BCUT2D eigenvalue weighted by atomic mass is 10.1. The van der Waals surface area contributed by atoms with Crippen LogP contribution in [0.1, 0.15) is 34.7 Å². The fourth-order valence-electron chi connectivity index (χ4n) is 2.79. The lowest BCUT2D eigenvalue weighted by Crippen LogP contribution is -2.27. The zero-order chi connectivity index (χ0) is 15.4. The molecule has 1 unspecified atom stereocenters. The van der Waals surface area contributed by atoms with Gasteiger partial charge in [0.15, 0.2) is 0 Å². The molecular weight excluding hydrogens is 342 g/mol. The summed E-state index contributed by atoms with van der Waals surface area (Å²) in [6.45, 7) is 0.299. The lowest BCUT2D eigenvalue weighted by molar-refractivity contribution is 0.135. The fraction of sp³-hybridized carbons (Fsp3) is 0.278. The zero-order valence-electron chi connectivity index (χ0n) is 12.2. The van der Waals surface area contributed by atoms with Gasteiger partial charge >= 0.3 is 6.09 Å². The molecule has 1 N–H and O–H groups in total. The number of carbonyl (C=O) groups is 1. The third-order valence-electron chi connectivity index (χ3n) is 3.95. The van der Waals surface area contributed by atoms with Gasteiger partial charge in [-0.25, -0.2) is 4.79 Å². The Balaban J connectivity index is 1.59. The number of alkyl halides is 1. The highest BCUT2D eigenvalue weighted by Crippen LogP contribution is 2.32. The Hall–Kier alpha value is -1.81. The minimum absolute atomic E-state index is 0.0530. The summed E-state index contributed by atoms with van der Waals surface area (Å²) < 4.78 is 5.30. The monoisotopic (exact) mass is 359 g/mol. The molecule has 0 spiro atoms. The van der Waals surface area contributed by atoms with Gasteiger partial charge in [-0.05, 0) is 35.1 Å². The van der Waals surface area contributed by atoms with Gasteiger partial charge in [0.2, 0.25) is 0 Å². The molecule has 0 aliphatic heterocycles. The van der Waals surface area contributed by atoms with Gasteiger partial charge in [0.25, 0.3) is 0 Å². The summed E-state index contributed by atoms with van der Waals surface area (Å²) in [7, 11) is 0. The molecule has 2 aromatic rings. The summed E-state index contributed by atoms with van der Waals surface area (Å²) >= 11 is 3.48. The van der Waals surface area contributed by atoms with E-state index in [1.807, 2.05) is 30.3 Å². The summed E-state index contributed by atoms with van der Waals surface area (Å²) in [4.78, 5) is 12.0. The minimum Gasteiger partial charge on any atom is -0.445 e. The normalized spacial score (nSPS) is 16.1. The number of carbonyl (C=O) groups excluding carboxylic acids is 1. The topological polar surface area (TPSA) is 38.3 Å². The molecule has 3 nitrogen and oxygen atoms in total. The largest absolute Gasteiger partial charge is 0.445 e. The van der Waals surface area contributed by atoms with Crippen LogP contribution in [0.5, 0.6) is 0 Å². The Morgan fingerprint density at radius 3 is 2.77 bits per heavy atom. The SMILES string of the molecule is O=C(NC1CCc2ccc(CBr)cc21)OCc1ccccc1. The van der Waals surface area contributed by atoms with Crippen molar-refractivity contribution in [2.75, 3.05) is 0 Å². The summed E-state index contributed by atoms with van der Waals surface area (Å²) in [6.07, 6.45) is 1.58. The van der Waals surface area contributed by atoms with Gasteiger partial charge in [-0.1, -0.05) is 64.5 Å². The van der Waals surface area contributed by atoms with Gasteiger partial charge in [-0.15, -0.1) is 0 Å². The number of hydrogen-bond donors (Lipinski definition) is 1. The molecule has 0 fully saturated rings. The number of fused-ring (bicyclic) bond motifs is 1. The van der Waals surface area contributed by atoms with E-state index in [-0.39, 0.29) is 12.1 Å². The minimum atomic E-state index is -0.356. The van der Waals surface area contributed by atoms with Crippen LogP contribution in [-0.4, -0.2) is 6.09 Å². The van der Waals surface area contributed by atoms with E-state index in [0.717, 1.165) is 23.7 Å². The Morgan fingerprint density at radius 2 is 2.00 bits per heavy atom. The van der Waals surface area contributed by atoms with Gasteiger partial charge < -0.3 is 10.1 Å². The standard InChI is InChI=1S/C18H18BrNO2/c19-11-14-6-7-15-8-9-17(16(15)10-14)20-18(21)22-12-13-4-2-1-3-5-13/h1-7,10,17H,8-9,11-12H2,(H,20,21). The van der Waals surface area contributed by atoms with E-state index in [2.05, 4.69) is 39.4 Å². The first kappa shape index (κ1) is 15.1. The lowest BCUT2D eigenvalue weighted by Gasteiger charge is -2.15. The van der Waals surface area contributed by atoms with Crippen molar-refractivity contribution in [3.63, 3.8) is 0 Å². The summed E-state index contributed by atoms with van der Waals surface area (Å²) in [5.41, 5.74) is 4.75. The molecule has 1 atom stereocenters. The van der Waals surface area contributed by atoms with Crippen LogP contribution in [0.25, 0.3) is 0 Å². The second-order valence-corrected chi connectivity index (χ2v) is 6.02. The van der Waals surface area contributed by atoms with Crippen molar-refractivity contribution in [2.24, 2.45) is 0 Å². The van der Waals surface area contributed by atoms with Crippen molar-refractivity contribution in [3.8, 4) is 0 Å². The molecule has 1 amide bonds. The van der Waals surface area contributed by atoms with Crippen molar-refractivity contribution in [1.29, 1.82) is 0 Å². The first-order valence-electron chi connectivity index (χ1n) is 7.41. The van der Waals surface area contributed by atoms with Crippen LogP contribution in [-0.2, 0) is 23.1 Å². The van der Waals surface area contributed by atoms with Gasteiger partial charge in [-0.2, -0.15) is 0 Å². The number of alkyl carbamates (subject to hydrolysis) is 1. The number of aryl methyl sites for hydroxylation is 1. The van der Waals surface area contributed by atoms with Crippen LogP contribution in [0.3, 0.4) is 0 Å². The molecule has 0 bridgehead atoms. The van der Waals surface area contributed by atoms with Crippen LogP contribution in [0.4, 0.5) is 4.79 Å². The van der Waals surface area contributed by atoms with Crippen molar-refractivity contribution < 1.29 is 9.53 Å². The van der Waals surface area contributed by atoms with E-state index >= 15 is 0 Å². The average molecular weight is 360 g/mol. The fourth-order valence-corrected chi connectivity index (χ4v) is 3.14. The third kappa shape index (κ3) is 3.50. The van der Waals surface area contributed by atoms with Gasteiger partial charge in [0, 0.05) is 5.33 Å². The Labute approximate surface area is 138 Å². The molecule has 0 saturated heterocycles. The van der Waals surface area contributed by atoms with Crippen LogP contribution in [0.15, 0.2) is 48.5 Å². The van der Waals surface area contributed by atoms with Gasteiger partial charge in [0.05, 0.1) is 6.04 Å². The molecule has 0 saturated carbocycles. The Bertz CT molecular complexity index is 657. The number of hydrogen-bond acceptors (Lipinski definition) is 2. The number of nitrogens with one attached hydrogen (secondary N) is 1. The summed E-state index contributed by atoms with van der Waals surface area (Å²) in [5.74, 6) is 0. The Kier molecular flexibility index (Phi) is 4.78. The quantitative estimate of drug-likeness (QED) is 0.816. The number of rotatable bonds is 4. The Morgan fingerprint density at radius 1 is 1.18 bits per heavy atom. The van der Waals surface area contributed by atoms with Crippen molar-refractivity contribution in [1.82, 2.24) is 5.32 Å². The molecule has 22 heavy (non-hydrogen) atoms.